The summed E-state index contributed by atoms with van der Waals surface area (Å²) in [6, 6.07) is 15.4. The SMILES string of the molecule is O=C(ONc1ccc(N=NC(=O)c2ccccc2I)cc1)c1cc([N+](=O)[O-])cc([N+](=O)[O-])c1. The summed E-state index contributed by atoms with van der Waals surface area (Å²) < 4.78 is 0.745. The molecule has 0 bridgehead atoms. The highest BCUT2D eigenvalue weighted by Gasteiger charge is 2.21. The molecule has 3 aromatic carbocycles. The van der Waals surface area contributed by atoms with E-state index in [0.29, 0.717) is 16.9 Å². The quantitative estimate of drug-likeness (QED) is 0.177. The number of carbonyl (C=O) groups is 2. The molecule has 0 unspecified atom stereocenters. The second kappa shape index (κ2) is 10.4. The molecular weight excluding hydrogens is 549 g/mol. The molecule has 0 heterocycles. The number of nitrogens with zero attached hydrogens (tertiary/aromatic N) is 4. The monoisotopic (exact) mass is 561 g/mol. The third kappa shape index (κ3) is 6.13. The Hall–Kier alpha value is -4.27. The first-order valence-corrected chi connectivity index (χ1v) is 10.0. The van der Waals surface area contributed by atoms with Gasteiger partial charge in [-0.25, -0.2) is 10.3 Å². The maximum atomic E-state index is 12.2. The summed E-state index contributed by atoms with van der Waals surface area (Å²) in [6.07, 6.45) is 0. The number of amides is 1. The van der Waals surface area contributed by atoms with Crippen molar-refractivity contribution >= 4 is 57.2 Å². The Morgan fingerprint density at radius 2 is 1.52 bits per heavy atom. The Bertz CT molecular complexity index is 1250. The van der Waals surface area contributed by atoms with Crippen LogP contribution < -0.4 is 5.48 Å². The predicted octanol–water partition coefficient (Wildman–Crippen LogP) is 5.22. The molecule has 166 valence electrons. The van der Waals surface area contributed by atoms with Gasteiger partial charge >= 0.3 is 5.97 Å². The van der Waals surface area contributed by atoms with Crippen LogP contribution in [0, 0.1) is 23.8 Å². The molecule has 33 heavy (non-hydrogen) atoms. The van der Waals surface area contributed by atoms with Crippen LogP contribution in [0.4, 0.5) is 22.7 Å². The number of non-ortho nitro benzene ring substituents is 2. The van der Waals surface area contributed by atoms with Crippen LogP contribution in [-0.4, -0.2) is 21.7 Å². The van der Waals surface area contributed by atoms with Crippen molar-refractivity contribution in [1.82, 2.24) is 0 Å². The third-order valence-corrected chi connectivity index (χ3v) is 4.99. The Labute approximate surface area is 198 Å². The molecule has 0 spiro atoms. The standard InChI is InChI=1S/C20H12IN5O7/c21-18-4-2-1-3-17(18)19(27)23-22-13-5-7-14(8-6-13)24-33-20(28)12-9-15(25(29)30)11-16(10-12)26(31)32/h1-11,24H. The number of azo groups is 1. The maximum Gasteiger partial charge on any atom is 0.363 e. The molecule has 0 aromatic heterocycles. The highest BCUT2D eigenvalue weighted by atomic mass is 127. The van der Waals surface area contributed by atoms with Crippen LogP contribution in [0.5, 0.6) is 0 Å². The van der Waals surface area contributed by atoms with E-state index in [1.165, 1.54) is 24.3 Å². The van der Waals surface area contributed by atoms with Crippen molar-refractivity contribution in [1.29, 1.82) is 0 Å². The number of nitro benzene ring substituents is 2. The molecule has 3 aromatic rings. The van der Waals surface area contributed by atoms with Crippen LogP contribution in [-0.2, 0) is 4.84 Å². The second-order valence-electron chi connectivity index (χ2n) is 6.28. The molecule has 0 aliphatic heterocycles. The van der Waals surface area contributed by atoms with E-state index >= 15 is 0 Å². The lowest BCUT2D eigenvalue weighted by atomic mass is 10.2. The molecule has 0 saturated heterocycles. The van der Waals surface area contributed by atoms with Gasteiger partial charge in [0.05, 0.1) is 38.4 Å². The molecule has 1 amide bonds. The van der Waals surface area contributed by atoms with Gasteiger partial charge in [0.25, 0.3) is 17.3 Å². The summed E-state index contributed by atoms with van der Waals surface area (Å²) in [4.78, 5) is 49.3. The Kier molecular flexibility index (Phi) is 7.34. The fourth-order valence-electron chi connectivity index (χ4n) is 2.48. The largest absolute Gasteiger partial charge is 0.363 e. The van der Waals surface area contributed by atoms with Crippen LogP contribution in [0.3, 0.4) is 0 Å². The summed E-state index contributed by atoms with van der Waals surface area (Å²) in [7, 11) is 0. The summed E-state index contributed by atoms with van der Waals surface area (Å²) in [5.41, 5.74) is 1.82. The van der Waals surface area contributed by atoms with E-state index in [4.69, 9.17) is 4.84 Å². The summed E-state index contributed by atoms with van der Waals surface area (Å²) in [6.45, 7) is 0. The van der Waals surface area contributed by atoms with Gasteiger partial charge in [-0.05, 0) is 59.0 Å². The number of rotatable bonds is 7. The van der Waals surface area contributed by atoms with Crippen LogP contribution >= 0.6 is 22.6 Å². The van der Waals surface area contributed by atoms with Crippen molar-refractivity contribution in [2.75, 3.05) is 5.48 Å². The molecular formula is C20H12IN5O7. The smallest absolute Gasteiger partial charge is 0.338 e. The number of halogens is 1. The van der Waals surface area contributed by atoms with Crippen molar-refractivity contribution < 1.29 is 24.3 Å². The lowest BCUT2D eigenvalue weighted by Gasteiger charge is -2.07. The minimum absolute atomic E-state index is 0.311. The molecule has 12 nitrogen and oxygen atoms in total. The normalized spacial score (nSPS) is 10.6. The molecule has 0 radical (unpaired) electrons. The Morgan fingerprint density at radius 1 is 0.909 bits per heavy atom. The zero-order valence-electron chi connectivity index (χ0n) is 16.4. The number of nitrogens with one attached hydrogen (secondary N) is 1. The lowest BCUT2D eigenvalue weighted by molar-refractivity contribution is -0.394. The number of carbonyl (C=O) groups excluding carboxylic acids is 2. The molecule has 1 N–H and O–H groups in total. The molecule has 0 aliphatic rings. The molecule has 0 fully saturated rings. The van der Waals surface area contributed by atoms with Gasteiger partial charge in [0.15, 0.2) is 0 Å². The molecule has 13 heteroatoms. The van der Waals surface area contributed by atoms with E-state index in [1.54, 1.807) is 24.3 Å². The van der Waals surface area contributed by atoms with Gasteiger partial charge in [-0.3, -0.25) is 25.0 Å². The zero-order valence-corrected chi connectivity index (χ0v) is 18.5. The first-order chi connectivity index (χ1) is 15.7. The molecule has 0 saturated carbocycles. The number of anilines is 1. The van der Waals surface area contributed by atoms with Gasteiger partial charge in [-0.15, -0.1) is 10.2 Å². The van der Waals surface area contributed by atoms with Gasteiger partial charge in [0.2, 0.25) is 0 Å². The number of nitro groups is 2. The average molecular weight is 561 g/mol. The van der Waals surface area contributed by atoms with E-state index in [0.717, 1.165) is 21.8 Å². The van der Waals surface area contributed by atoms with Crippen molar-refractivity contribution in [3.63, 3.8) is 0 Å². The van der Waals surface area contributed by atoms with Crippen LogP contribution in [0.1, 0.15) is 20.7 Å². The number of hydrogen-bond donors (Lipinski definition) is 1. The molecule has 3 rings (SSSR count). The van der Waals surface area contributed by atoms with Gasteiger partial charge in [-0.2, -0.15) is 0 Å². The summed E-state index contributed by atoms with van der Waals surface area (Å²) in [5, 5.41) is 29.4. The van der Waals surface area contributed by atoms with Crippen LogP contribution in [0.25, 0.3) is 0 Å². The minimum Gasteiger partial charge on any atom is -0.338 e. The third-order valence-electron chi connectivity index (χ3n) is 4.05. The number of benzene rings is 3. The van der Waals surface area contributed by atoms with Crippen LogP contribution in [0.15, 0.2) is 77.0 Å². The van der Waals surface area contributed by atoms with E-state index in [2.05, 4.69) is 15.7 Å². The van der Waals surface area contributed by atoms with E-state index in [1.807, 2.05) is 22.6 Å². The van der Waals surface area contributed by atoms with E-state index < -0.39 is 33.1 Å². The van der Waals surface area contributed by atoms with Gasteiger partial charge < -0.3 is 4.84 Å². The van der Waals surface area contributed by atoms with Crippen molar-refractivity contribution in [2.24, 2.45) is 10.2 Å². The maximum absolute atomic E-state index is 12.2. The minimum atomic E-state index is -1.06. The first kappa shape index (κ1) is 23.4. The number of hydrogen-bond acceptors (Lipinski definition) is 9. The average Bonchev–Trinajstić information content (AvgIpc) is 2.81. The topological polar surface area (TPSA) is 166 Å². The summed E-state index contributed by atoms with van der Waals surface area (Å²) in [5.74, 6) is -1.56. The Morgan fingerprint density at radius 3 is 2.09 bits per heavy atom. The fourth-order valence-corrected chi connectivity index (χ4v) is 3.09. The van der Waals surface area contributed by atoms with E-state index in [-0.39, 0.29) is 5.56 Å². The lowest BCUT2D eigenvalue weighted by Crippen LogP contribution is -2.11. The van der Waals surface area contributed by atoms with Crippen molar-refractivity contribution in [3.8, 4) is 0 Å². The molecule has 0 atom stereocenters. The van der Waals surface area contributed by atoms with Crippen LogP contribution in [0.2, 0.25) is 0 Å². The van der Waals surface area contributed by atoms with Gasteiger partial charge in [-0.1, -0.05) is 12.1 Å². The Balaban J connectivity index is 1.64. The highest BCUT2D eigenvalue weighted by Crippen LogP contribution is 2.24. The first-order valence-electron chi connectivity index (χ1n) is 8.96. The fraction of sp³-hybridized carbons (Fsp3) is 0. The van der Waals surface area contributed by atoms with Gasteiger partial charge in [0, 0.05) is 15.7 Å². The van der Waals surface area contributed by atoms with Crippen molar-refractivity contribution in [3.05, 3.63) is 102 Å². The summed E-state index contributed by atoms with van der Waals surface area (Å²) >= 11 is 2.02. The second-order valence-corrected chi connectivity index (χ2v) is 7.44. The molecule has 0 aliphatic carbocycles. The predicted molar refractivity (Wildman–Crippen MR) is 123 cm³/mol. The van der Waals surface area contributed by atoms with Crippen molar-refractivity contribution in [2.45, 2.75) is 0 Å². The van der Waals surface area contributed by atoms with Gasteiger partial charge in [0.1, 0.15) is 0 Å². The van der Waals surface area contributed by atoms with E-state index in [9.17, 15) is 29.8 Å². The zero-order chi connectivity index (χ0) is 24.0. The highest BCUT2D eigenvalue weighted by molar-refractivity contribution is 14.1.